The van der Waals surface area contributed by atoms with E-state index in [4.69, 9.17) is 0 Å². The van der Waals surface area contributed by atoms with Gasteiger partial charge in [-0.2, -0.15) is 0 Å². The zero-order valence-corrected chi connectivity index (χ0v) is 12.8. The van der Waals surface area contributed by atoms with E-state index in [-0.39, 0.29) is 11.3 Å². The normalized spacial score (nSPS) is 11.2. The Morgan fingerprint density at radius 3 is 2.46 bits per heavy atom. The standard InChI is InChI=1S/C20H15NO3/c22-18-8-4-1-5-12(18)9-13-10-14(20(23)24)11-16-15-6-2-3-7-17(15)21-19(13)16/h1-8,10-11,21-22H,9H2,(H,23,24). The number of carboxylic acid groups (broad SMARTS) is 1. The number of para-hydroxylation sites is 2. The monoisotopic (exact) mass is 317 g/mol. The number of aromatic hydroxyl groups is 1. The SMILES string of the molecule is O=C(O)c1cc(Cc2ccccc2O)c2[nH]c3ccccc3c2c1. The van der Waals surface area contributed by atoms with E-state index in [1.807, 2.05) is 36.4 Å². The highest BCUT2D eigenvalue weighted by Gasteiger charge is 2.14. The number of carbonyl (C=O) groups is 1. The molecule has 1 heterocycles. The fraction of sp³-hybridized carbons (Fsp3) is 0.0500. The average molecular weight is 317 g/mol. The average Bonchev–Trinajstić information content (AvgIpc) is 2.96. The van der Waals surface area contributed by atoms with E-state index >= 15 is 0 Å². The fourth-order valence-corrected chi connectivity index (χ4v) is 3.15. The molecule has 4 aromatic rings. The van der Waals surface area contributed by atoms with Crippen LogP contribution in [0.25, 0.3) is 21.8 Å². The van der Waals surface area contributed by atoms with Crippen molar-refractivity contribution in [2.75, 3.05) is 0 Å². The summed E-state index contributed by atoms with van der Waals surface area (Å²) in [6.45, 7) is 0. The molecule has 1 aromatic heterocycles. The lowest BCUT2D eigenvalue weighted by Gasteiger charge is -2.08. The number of hydrogen-bond acceptors (Lipinski definition) is 2. The van der Waals surface area contributed by atoms with E-state index in [0.717, 1.165) is 32.9 Å². The molecule has 0 aliphatic carbocycles. The summed E-state index contributed by atoms with van der Waals surface area (Å²) < 4.78 is 0. The van der Waals surface area contributed by atoms with E-state index in [9.17, 15) is 15.0 Å². The minimum atomic E-state index is -0.958. The fourth-order valence-electron chi connectivity index (χ4n) is 3.15. The van der Waals surface area contributed by atoms with Crippen LogP contribution in [-0.2, 0) is 6.42 Å². The van der Waals surface area contributed by atoms with Crippen molar-refractivity contribution in [1.29, 1.82) is 0 Å². The molecule has 24 heavy (non-hydrogen) atoms. The molecule has 0 fully saturated rings. The van der Waals surface area contributed by atoms with Crippen molar-refractivity contribution in [2.45, 2.75) is 6.42 Å². The third kappa shape index (κ3) is 2.29. The summed E-state index contributed by atoms with van der Waals surface area (Å²) >= 11 is 0. The Hall–Kier alpha value is -3.27. The number of nitrogens with one attached hydrogen (secondary N) is 1. The first-order chi connectivity index (χ1) is 11.6. The molecule has 4 rings (SSSR count). The molecule has 3 aromatic carbocycles. The highest BCUT2D eigenvalue weighted by atomic mass is 16.4. The van der Waals surface area contributed by atoms with Crippen LogP contribution in [0.15, 0.2) is 60.7 Å². The third-order valence-corrected chi connectivity index (χ3v) is 4.32. The maximum atomic E-state index is 11.5. The van der Waals surface area contributed by atoms with Crippen LogP contribution >= 0.6 is 0 Å². The first-order valence-corrected chi connectivity index (χ1v) is 7.67. The number of phenols is 1. The summed E-state index contributed by atoms with van der Waals surface area (Å²) in [4.78, 5) is 14.9. The molecule has 4 heteroatoms. The summed E-state index contributed by atoms with van der Waals surface area (Å²) in [7, 11) is 0. The predicted molar refractivity (Wildman–Crippen MR) is 93.7 cm³/mol. The molecule has 0 spiro atoms. The lowest BCUT2D eigenvalue weighted by molar-refractivity contribution is 0.0697. The third-order valence-electron chi connectivity index (χ3n) is 4.32. The highest BCUT2D eigenvalue weighted by Crippen LogP contribution is 2.31. The molecular formula is C20H15NO3. The van der Waals surface area contributed by atoms with Crippen molar-refractivity contribution in [3.05, 3.63) is 77.4 Å². The number of H-pyrrole nitrogens is 1. The van der Waals surface area contributed by atoms with Gasteiger partial charge in [0.25, 0.3) is 0 Å². The maximum Gasteiger partial charge on any atom is 0.335 e. The zero-order chi connectivity index (χ0) is 16.7. The smallest absolute Gasteiger partial charge is 0.335 e. The Bertz CT molecular complexity index is 1080. The quantitative estimate of drug-likeness (QED) is 0.527. The highest BCUT2D eigenvalue weighted by molar-refractivity contribution is 6.10. The van der Waals surface area contributed by atoms with Crippen molar-refractivity contribution in [2.24, 2.45) is 0 Å². The van der Waals surface area contributed by atoms with Gasteiger partial charge in [0.15, 0.2) is 0 Å². The van der Waals surface area contributed by atoms with E-state index in [2.05, 4.69) is 4.98 Å². The Kier molecular flexibility index (Phi) is 3.24. The summed E-state index contributed by atoms with van der Waals surface area (Å²) in [5, 5.41) is 21.4. The van der Waals surface area contributed by atoms with Gasteiger partial charge in [-0.3, -0.25) is 0 Å². The molecule has 4 nitrogen and oxygen atoms in total. The van der Waals surface area contributed by atoms with Gasteiger partial charge in [0.05, 0.1) is 11.1 Å². The van der Waals surface area contributed by atoms with Gasteiger partial charge in [0.1, 0.15) is 5.75 Å². The van der Waals surface area contributed by atoms with Crippen LogP contribution in [0.5, 0.6) is 5.75 Å². The molecule has 118 valence electrons. The van der Waals surface area contributed by atoms with Crippen molar-refractivity contribution >= 4 is 27.8 Å². The van der Waals surface area contributed by atoms with Gasteiger partial charge in [-0.05, 0) is 35.4 Å². The number of phenolic OH excluding ortho intramolecular Hbond substituents is 1. The summed E-state index contributed by atoms with van der Waals surface area (Å²) in [5.74, 6) is -0.747. The van der Waals surface area contributed by atoms with Gasteiger partial charge in [0.2, 0.25) is 0 Å². The van der Waals surface area contributed by atoms with Gasteiger partial charge >= 0.3 is 5.97 Å². The summed E-state index contributed by atoms with van der Waals surface area (Å²) in [6.07, 6.45) is 0.455. The van der Waals surface area contributed by atoms with Crippen LogP contribution in [0.1, 0.15) is 21.5 Å². The minimum absolute atomic E-state index is 0.211. The van der Waals surface area contributed by atoms with Crippen LogP contribution in [0.3, 0.4) is 0 Å². The lowest BCUT2D eigenvalue weighted by Crippen LogP contribution is -1.99. The second-order valence-corrected chi connectivity index (χ2v) is 5.84. The molecule has 0 atom stereocenters. The Morgan fingerprint density at radius 2 is 1.67 bits per heavy atom. The number of carboxylic acids is 1. The molecule has 0 unspecified atom stereocenters. The van der Waals surface area contributed by atoms with E-state index in [1.54, 1.807) is 24.3 Å². The van der Waals surface area contributed by atoms with Crippen molar-refractivity contribution < 1.29 is 15.0 Å². The maximum absolute atomic E-state index is 11.5. The molecule has 0 bridgehead atoms. The molecule has 3 N–H and O–H groups in total. The molecule has 0 amide bonds. The van der Waals surface area contributed by atoms with E-state index in [1.165, 1.54) is 0 Å². The molecule has 0 radical (unpaired) electrons. The van der Waals surface area contributed by atoms with Crippen molar-refractivity contribution in [3.8, 4) is 5.75 Å². The molecule has 0 aliphatic rings. The number of aromatic carboxylic acids is 1. The molecule has 0 saturated carbocycles. The summed E-state index contributed by atoms with van der Waals surface area (Å²) in [5.41, 5.74) is 3.73. The Morgan fingerprint density at radius 1 is 0.917 bits per heavy atom. The number of aromatic amines is 1. The van der Waals surface area contributed by atoms with E-state index < -0.39 is 5.97 Å². The molecule has 0 aliphatic heterocycles. The topological polar surface area (TPSA) is 73.3 Å². The van der Waals surface area contributed by atoms with Crippen LogP contribution in [0.2, 0.25) is 0 Å². The molecule has 0 saturated heterocycles. The van der Waals surface area contributed by atoms with Crippen LogP contribution in [0.4, 0.5) is 0 Å². The second-order valence-electron chi connectivity index (χ2n) is 5.84. The van der Waals surface area contributed by atoms with Crippen molar-refractivity contribution in [1.82, 2.24) is 4.98 Å². The first kappa shape index (κ1) is 14.3. The zero-order valence-electron chi connectivity index (χ0n) is 12.8. The van der Waals surface area contributed by atoms with Crippen molar-refractivity contribution in [3.63, 3.8) is 0 Å². The summed E-state index contributed by atoms with van der Waals surface area (Å²) in [6, 6.07) is 18.3. The van der Waals surface area contributed by atoms with Gasteiger partial charge in [-0.1, -0.05) is 36.4 Å². The van der Waals surface area contributed by atoms with Gasteiger partial charge < -0.3 is 15.2 Å². The number of rotatable bonds is 3. The van der Waals surface area contributed by atoms with Crippen LogP contribution < -0.4 is 0 Å². The number of benzene rings is 3. The largest absolute Gasteiger partial charge is 0.508 e. The first-order valence-electron chi connectivity index (χ1n) is 7.67. The van der Waals surface area contributed by atoms with Crippen LogP contribution in [-0.4, -0.2) is 21.2 Å². The van der Waals surface area contributed by atoms with Gasteiger partial charge in [0, 0.05) is 22.7 Å². The van der Waals surface area contributed by atoms with E-state index in [0.29, 0.717) is 6.42 Å². The van der Waals surface area contributed by atoms with Gasteiger partial charge in [-0.15, -0.1) is 0 Å². The minimum Gasteiger partial charge on any atom is -0.508 e. The van der Waals surface area contributed by atoms with Gasteiger partial charge in [-0.25, -0.2) is 4.79 Å². The lowest BCUT2D eigenvalue weighted by atomic mass is 9.98. The number of fused-ring (bicyclic) bond motifs is 3. The number of aromatic nitrogens is 1. The molecular weight excluding hydrogens is 302 g/mol. The second kappa shape index (κ2) is 5.42. The predicted octanol–water partition coefficient (Wildman–Crippen LogP) is 4.32. The number of hydrogen-bond donors (Lipinski definition) is 3. The van der Waals surface area contributed by atoms with Crippen LogP contribution in [0, 0.1) is 0 Å². The Labute approximate surface area is 138 Å². The Balaban J connectivity index is 1.99.